The summed E-state index contributed by atoms with van der Waals surface area (Å²) in [6.45, 7) is 0.544. The fourth-order valence-corrected chi connectivity index (χ4v) is 2.49. The third kappa shape index (κ3) is 3.75. The van der Waals surface area contributed by atoms with Gasteiger partial charge < -0.3 is 5.32 Å². The zero-order valence-corrected chi connectivity index (χ0v) is 13.3. The molecule has 8 nitrogen and oxygen atoms in total. The molecule has 1 aromatic carbocycles. The predicted molar refractivity (Wildman–Crippen MR) is 86.4 cm³/mol. The Labute approximate surface area is 136 Å². The summed E-state index contributed by atoms with van der Waals surface area (Å²) in [5.41, 5.74) is 1.50. The summed E-state index contributed by atoms with van der Waals surface area (Å²) in [4.78, 5) is 12.0. The first kappa shape index (κ1) is 15.2. The Morgan fingerprint density at radius 2 is 2.26 bits per heavy atom. The number of anilines is 1. The van der Waals surface area contributed by atoms with Crippen LogP contribution in [0.5, 0.6) is 0 Å². The van der Waals surface area contributed by atoms with E-state index in [1.807, 2.05) is 42.8 Å². The number of amides is 1. The summed E-state index contributed by atoms with van der Waals surface area (Å²) in [5, 5.41) is 19.2. The quantitative estimate of drug-likeness (QED) is 0.691. The fraction of sp³-hybridized carbons (Fsp3) is 0.214. The molecule has 0 fully saturated rings. The number of thioether (sulfide) groups is 1. The summed E-state index contributed by atoms with van der Waals surface area (Å²) < 4.78 is 3.35. The molecular formula is C14H15N7OS. The number of hydrogen-bond acceptors (Lipinski definition) is 6. The van der Waals surface area contributed by atoms with Crippen molar-refractivity contribution < 1.29 is 4.79 Å². The van der Waals surface area contributed by atoms with Crippen LogP contribution in [0.1, 0.15) is 6.42 Å². The fourth-order valence-electron chi connectivity index (χ4n) is 2.06. The number of hydrogen-bond donors (Lipinski definition) is 1. The van der Waals surface area contributed by atoms with Gasteiger partial charge in [-0.2, -0.15) is 9.78 Å². The monoisotopic (exact) mass is 329 g/mol. The molecule has 0 spiro atoms. The lowest BCUT2D eigenvalue weighted by Crippen LogP contribution is -2.15. The second kappa shape index (κ2) is 7.05. The standard InChI is InChI=1S/C14H15N7OS/c1-23-14-17-18-19-21(14)12-5-2-4-11(10-12)16-13(22)6-9-20-8-3-7-15-20/h2-5,7-8,10H,6,9H2,1H3,(H,16,22). The molecule has 1 amide bonds. The molecule has 0 aliphatic carbocycles. The number of nitrogens with zero attached hydrogens (tertiary/aromatic N) is 6. The average Bonchev–Trinajstić information content (AvgIpc) is 3.24. The molecule has 0 saturated carbocycles. The number of rotatable bonds is 6. The van der Waals surface area contributed by atoms with E-state index in [0.29, 0.717) is 23.8 Å². The van der Waals surface area contributed by atoms with Crippen molar-refractivity contribution >= 4 is 23.4 Å². The average molecular weight is 329 g/mol. The highest BCUT2D eigenvalue weighted by Crippen LogP contribution is 2.18. The smallest absolute Gasteiger partial charge is 0.226 e. The van der Waals surface area contributed by atoms with E-state index < -0.39 is 0 Å². The Hall–Kier alpha value is -2.68. The van der Waals surface area contributed by atoms with Gasteiger partial charge in [-0.05, 0) is 40.9 Å². The van der Waals surface area contributed by atoms with Crippen LogP contribution in [0.3, 0.4) is 0 Å². The van der Waals surface area contributed by atoms with Crippen molar-refractivity contribution in [2.75, 3.05) is 11.6 Å². The van der Waals surface area contributed by atoms with Crippen molar-refractivity contribution in [3.63, 3.8) is 0 Å². The highest BCUT2D eigenvalue weighted by Gasteiger charge is 2.08. The number of aromatic nitrogens is 6. The van der Waals surface area contributed by atoms with Crippen molar-refractivity contribution in [2.24, 2.45) is 0 Å². The van der Waals surface area contributed by atoms with Gasteiger partial charge in [0.2, 0.25) is 11.1 Å². The Morgan fingerprint density at radius 1 is 1.35 bits per heavy atom. The maximum atomic E-state index is 12.0. The number of aryl methyl sites for hydroxylation is 1. The molecule has 23 heavy (non-hydrogen) atoms. The predicted octanol–water partition coefficient (Wildman–Crippen LogP) is 1.61. The van der Waals surface area contributed by atoms with E-state index in [2.05, 4.69) is 25.9 Å². The maximum Gasteiger partial charge on any atom is 0.226 e. The lowest BCUT2D eigenvalue weighted by Gasteiger charge is -2.08. The van der Waals surface area contributed by atoms with Gasteiger partial charge in [0.05, 0.1) is 5.69 Å². The van der Waals surface area contributed by atoms with Crippen molar-refractivity contribution in [3.8, 4) is 5.69 Å². The van der Waals surface area contributed by atoms with Gasteiger partial charge in [-0.1, -0.05) is 17.8 Å². The first-order chi connectivity index (χ1) is 11.3. The minimum Gasteiger partial charge on any atom is -0.326 e. The van der Waals surface area contributed by atoms with Crippen LogP contribution < -0.4 is 5.32 Å². The van der Waals surface area contributed by atoms with Crippen LogP contribution in [0.2, 0.25) is 0 Å². The molecule has 0 bridgehead atoms. The first-order valence-electron chi connectivity index (χ1n) is 6.96. The van der Waals surface area contributed by atoms with Gasteiger partial charge in [0, 0.05) is 31.0 Å². The van der Waals surface area contributed by atoms with E-state index >= 15 is 0 Å². The van der Waals surface area contributed by atoms with E-state index in [1.54, 1.807) is 15.6 Å². The molecule has 0 saturated heterocycles. The minimum atomic E-state index is -0.0699. The molecule has 9 heteroatoms. The molecule has 1 N–H and O–H groups in total. The van der Waals surface area contributed by atoms with Gasteiger partial charge in [-0.3, -0.25) is 9.48 Å². The van der Waals surface area contributed by atoms with Gasteiger partial charge in [-0.25, -0.2) is 0 Å². The number of tetrazole rings is 1. The van der Waals surface area contributed by atoms with E-state index in [4.69, 9.17) is 0 Å². The zero-order valence-electron chi connectivity index (χ0n) is 12.5. The van der Waals surface area contributed by atoms with Crippen molar-refractivity contribution in [3.05, 3.63) is 42.7 Å². The second-order valence-corrected chi connectivity index (χ2v) is 5.47. The van der Waals surface area contributed by atoms with Crippen LogP contribution in [0, 0.1) is 0 Å². The highest BCUT2D eigenvalue weighted by atomic mass is 32.2. The van der Waals surface area contributed by atoms with Crippen LogP contribution >= 0.6 is 11.8 Å². The Bertz CT molecular complexity index is 784. The van der Waals surface area contributed by atoms with Crippen LogP contribution in [0.4, 0.5) is 5.69 Å². The molecule has 3 rings (SSSR count). The molecule has 0 aliphatic rings. The Morgan fingerprint density at radius 3 is 3.04 bits per heavy atom. The number of nitrogens with one attached hydrogen (secondary N) is 1. The summed E-state index contributed by atoms with van der Waals surface area (Å²) in [6.07, 6.45) is 5.78. The number of carbonyl (C=O) groups excluding carboxylic acids is 1. The molecule has 0 radical (unpaired) electrons. The third-order valence-electron chi connectivity index (χ3n) is 3.13. The van der Waals surface area contributed by atoms with E-state index in [9.17, 15) is 4.79 Å². The summed E-state index contributed by atoms with van der Waals surface area (Å²) in [7, 11) is 0. The van der Waals surface area contributed by atoms with Gasteiger partial charge in [-0.15, -0.1) is 5.10 Å². The van der Waals surface area contributed by atoms with E-state index in [0.717, 1.165) is 5.69 Å². The lowest BCUT2D eigenvalue weighted by molar-refractivity contribution is -0.116. The van der Waals surface area contributed by atoms with Gasteiger partial charge in [0.15, 0.2) is 0 Å². The molecule has 2 heterocycles. The minimum absolute atomic E-state index is 0.0699. The van der Waals surface area contributed by atoms with Crippen LogP contribution in [-0.4, -0.2) is 42.2 Å². The van der Waals surface area contributed by atoms with E-state index in [1.165, 1.54) is 11.8 Å². The van der Waals surface area contributed by atoms with Gasteiger partial charge in [0.1, 0.15) is 0 Å². The summed E-state index contributed by atoms with van der Waals surface area (Å²) in [5.74, 6) is -0.0699. The van der Waals surface area contributed by atoms with Crippen LogP contribution in [0.15, 0.2) is 47.9 Å². The normalized spacial score (nSPS) is 10.7. The van der Waals surface area contributed by atoms with Crippen LogP contribution in [-0.2, 0) is 11.3 Å². The van der Waals surface area contributed by atoms with Crippen LogP contribution in [0.25, 0.3) is 5.69 Å². The van der Waals surface area contributed by atoms with Gasteiger partial charge in [0.25, 0.3) is 0 Å². The largest absolute Gasteiger partial charge is 0.326 e. The Kier molecular flexibility index (Phi) is 4.67. The zero-order chi connectivity index (χ0) is 16.1. The molecule has 2 aromatic heterocycles. The molecular weight excluding hydrogens is 314 g/mol. The van der Waals surface area contributed by atoms with Crippen molar-refractivity contribution in [1.82, 2.24) is 30.0 Å². The number of benzene rings is 1. The van der Waals surface area contributed by atoms with E-state index in [-0.39, 0.29) is 5.91 Å². The lowest BCUT2D eigenvalue weighted by atomic mass is 10.2. The maximum absolute atomic E-state index is 12.0. The molecule has 0 unspecified atom stereocenters. The molecule has 0 aliphatic heterocycles. The van der Waals surface area contributed by atoms with Crippen molar-refractivity contribution in [1.29, 1.82) is 0 Å². The second-order valence-electron chi connectivity index (χ2n) is 4.70. The summed E-state index contributed by atoms with van der Waals surface area (Å²) in [6, 6.07) is 9.23. The SMILES string of the molecule is CSc1nnnn1-c1cccc(NC(=O)CCn2cccn2)c1. The molecule has 0 atom stereocenters. The topological polar surface area (TPSA) is 90.5 Å². The highest BCUT2D eigenvalue weighted by molar-refractivity contribution is 7.98. The molecule has 118 valence electrons. The van der Waals surface area contributed by atoms with Gasteiger partial charge >= 0.3 is 0 Å². The third-order valence-corrected chi connectivity index (χ3v) is 3.74. The molecule has 3 aromatic rings. The van der Waals surface area contributed by atoms with Crippen molar-refractivity contribution in [2.45, 2.75) is 18.1 Å². The number of carbonyl (C=O) groups is 1. The summed E-state index contributed by atoms with van der Waals surface area (Å²) >= 11 is 1.45. The first-order valence-corrected chi connectivity index (χ1v) is 8.19. The Balaban J connectivity index is 1.66.